The predicted molar refractivity (Wildman–Crippen MR) is 94.6 cm³/mol. The van der Waals surface area contributed by atoms with Gasteiger partial charge in [0, 0.05) is 24.5 Å². The third kappa shape index (κ3) is 5.21. The fourth-order valence-corrected chi connectivity index (χ4v) is 3.37. The van der Waals surface area contributed by atoms with Crippen molar-refractivity contribution in [2.45, 2.75) is 37.7 Å². The minimum atomic E-state index is 0. The van der Waals surface area contributed by atoms with Crippen LogP contribution in [-0.4, -0.2) is 28.6 Å². The van der Waals surface area contributed by atoms with E-state index in [-0.39, 0.29) is 12.4 Å². The van der Waals surface area contributed by atoms with E-state index >= 15 is 0 Å². The molecule has 1 aromatic carbocycles. The first-order valence-electron chi connectivity index (χ1n) is 7.66. The molecule has 126 valence electrons. The molecule has 0 spiro atoms. The number of nitrogens with two attached hydrogens (primary N) is 1. The first-order valence-corrected chi connectivity index (χ1v) is 8.82. The van der Waals surface area contributed by atoms with Gasteiger partial charge >= 0.3 is 0 Å². The van der Waals surface area contributed by atoms with Crippen molar-refractivity contribution in [2.75, 3.05) is 12.4 Å². The van der Waals surface area contributed by atoms with Gasteiger partial charge < -0.3 is 15.0 Å². The second-order valence-electron chi connectivity index (χ2n) is 5.42. The van der Waals surface area contributed by atoms with Gasteiger partial charge in [-0.1, -0.05) is 29.4 Å². The number of benzene rings is 1. The number of thioether (sulfide) groups is 1. The predicted octanol–water partition coefficient (Wildman–Crippen LogP) is 3.42. The Kier molecular flexibility index (Phi) is 7.36. The molecule has 1 aliphatic rings. The summed E-state index contributed by atoms with van der Waals surface area (Å²) >= 11 is 1.79. The Hall–Kier alpha value is -1.08. The zero-order valence-corrected chi connectivity index (χ0v) is 14.6. The molecule has 0 amide bonds. The summed E-state index contributed by atoms with van der Waals surface area (Å²) in [6, 6.07) is 7.92. The Labute approximate surface area is 146 Å². The average Bonchev–Trinajstić information content (AvgIpc) is 3.05. The van der Waals surface area contributed by atoms with Gasteiger partial charge in [0.1, 0.15) is 0 Å². The highest BCUT2D eigenvalue weighted by molar-refractivity contribution is 7.98. The molecule has 23 heavy (non-hydrogen) atoms. The van der Waals surface area contributed by atoms with Crippen LogP contribution in [0.15, 0.2) is 28.8 Å². The SMILES string of the molecule is Cl.NCc1ccc(-c2noc(CSCC3CCCCO3)n2)cc1. The second kappa shape index (κ2) is 9.27. The van der Waals surface area contributed by atoms with Crippen LogP contribution in [0.25, 0.3) is 11.4 Å². The molecule has 1 unspecified atom stereocenters. The largest absolute Gasteiger partial charge is 0.377 e. The lowest BCUT2D eigenvalue weighted by atomic mass is 10.1. The summed E-state index contributed by atoms with van der Waals surface area (Å²) in [5.74, 6) is 3.02. The van der Waals surface area contributed by atoms with Crippen molar-refractivity contribution in [3.8, 4) is 11.4 Å². The number of ether oxygens (including phenoxy) is 1. The summed E-state index contributed by atoms with van der Waals surface area (Å²) in [6.45, 7) is 1.44. The normalized spacial score (nSPS) is 17.7. The van der Waals surface area contributed by atoms with Gasteiger partial charge in [-0.25, -0.2) is 0 Å². The summed E-state index contributed by atoms with van der Waals surface area (Å²) in [5, 5.41) is 4.05. The van der Waals surface area contributed by atoms with Crippen LogP contribution in [0.3, 0.4) is 0 Å². The van der Waals surface area contributed by atoms with Crippen molar-refractivity contribution >= 4 is 24.2 Å². The van der Waals surface area contributed by atoms with Crippen molar-refractivity contribution in [3.05, 3.63) is 35.7 Å². The summed E-state index contributed by atoms with van der Waals surface area (Å²) in [5.41, 5.74) is 7.64. The van der Waals surface area contributed by atoms with Crippen LogP contribution in [0.4, 0.5) is 0 Å². The first-order chi connectivity index (χ1) is 10.8. The quantitative estimate of drug-likeness (QED) is 0.855. The van der Waals surface area contributed by atoms with E-state index in [4.69, 9.17) is 15.0 Å². The molecule has 1 fully saturated rings. The lowest BCUT2D eigenvalue weighted by molar-refractivity contribution is 0.0315. The Morgan fingerprint density at radius 1 is 1.22 bits per heavy atom. The van der Waals surface area contributed by atoms with E-state index < -0.39 is 0 Å². The van der Waals surface area contributed by atoms with Gasteiger partial charge in [0.05, 0.1) is 11.9 Å². The van der Waals surface area contributed by atoms with Gasteiger partial charge in [0.2, 0.25) is 11.7 Å². The number of halogens is 1. The van der Waals surface area contributed by atoms with Crippen LogP contribution >= 0.6 is 24.2 Å². The van der Waals surface area contributed by atoms with Gasteiger partial charge in [0.25, 0.3) is 0 Å². The van der Waals surface area contributed by atoms with Crippen LogP contribution in [-0.2, 0) is 17.0 Å². The maximum absolute atomic E-state index is 5.71. The van der Waals surface area contributed by atoms with Crippen molar-refractivity contribution in [1.82, 2.24) is 10.1 Å². The molecule has 0 aliphatic carbocycles. The highest BCUT2D eigenvalue weighted by Gasteiger charge is 2.15. The number of nitrogens with zero attached hydrogens (tertiary/aromatic N) is 2. The molecule has 0 radical (unpaired) electrons. The molecule has 7 heteroatoms. The van der Waals surface area contributed by atoms with E-state index in [0.717, 1.165) is 35.7 Å². The number of aromatic nitrogens is 2. The molecule has 2 heterocycles. The van der Waals surface area contributed by atoms with Gasteiger partial charge in [-0.15, -0.1) is 24.2 Å². The van der Waals surface area contributed by atoms with E-state index in [9.17, 15) is 0 Å². The number of hydrogen-bond acceptors (Lipinski definition) is 6. The molecule has 1 atom stereocenters. The summed E-state index contributed by atoms with van der Waals surface area (Å²) in [6.07, 6.45) is 4.01. The molecule has 0 saturated carbocycles. The highest BCUT2D eigenvalue weighted by Crippen LogP contribution is 2.21. The Balaban J connectivity index is 0.00000192. The topological polar surface area (TPSA) is 74.2 Å². The minimum absolute atomic E-state index is 0. The van der Waals surface area contributed by atoms with Crippen molar-refractivity contribution in [3.63, 3.8) is 0 Å². The van der Waals surface area contributed by atoms with E-state index in [1.807, 2.05) is 24.3 Å². The molecule has 1 aliphatic heterocycles. The maximum Gasteiger partial charge on any atom is 0.236 e. The van der Waals surface area contributed by atoms with Crippen LogP contribution < -0.4 is 5.73 Å². The van der Waals surface area contributed by atoms with E-state index in [1.165, 1.54) is 12.8 Å². The third-order valence-corrected chi connectivity index (χ3v) is 4.78. The van der Waals surface area contributed by atoms with Crippen LogP contribution in [0.5, 0.6) is 0 Å². The third-order valence-electron chi connectivity index (χ3n) is 3.72. The molecular formula is C16H22ClN3O2S. The Morgan fingerprint density at radius 2 is 2.04 bits per heavy atom. The molecular weight excluding hydrogens is 334 g/mol. The first kappa shape index (κ1) is 18.3. The zero-order chi connectivity index (χ0) is 15.2. The second-order valence-corrected chi connectivity index (χ2v) is 6.45. The lowest BCUT2D eigenvalue weighted by Crippen LogP contribution is -2.21. The van der Waals surface area contributed by atoms with E-state index in [2.05, 4.69) is 10.1 Å². The average molecular weight is 356 g/mol. The fraction of sp³-hybridized carbons (Fsp3) is 0.500. The molecule has 0 bridgehead atoms. The van der Waals surface area contributed by atoms with E-state index in [1.54, 1.807) is 11.8 Å². The summed E-state index contributed by atoms with van der Waals surface area (Å²) < 4.78 is 11.0. The maximum atomic E-state index is 5.71. The summed E-state index contributed by atoms with van der Waals surface area (Å²) in [7, 11) is 0. The molecule has 3 rings (SSSR count). The van der Waals surface area contributed by atoms with Crippen molar-refractivity contribution < 1.29 is 9.26 Å². The molecule has 2 N–H and O–H groups in total. The van der Waals surface area contributed by atoms with Gasteiger partial charge in [-0.2, -0.15) is 4.98 Å². The van der Waals surface area contributed by atoms with Crippen LogP contribution in [0, 0.1) is 0 Å². The van der Waals surface area contributed by atoms with Crippen LogP contribution in [0.1, 0.15) is 30.7 Å². The van der Waals surface area contributed by atoms with Crippen molar-refractivity contribution in [2.24, 2.45) is 5.73 Å². The molecule has 1 saturated heterocycles. The zero-order valence-electron chi connectivity index (χ0n) is 12.9. The Bertz CT molecular complexity index is 585. The highest BCUT2D eigenvalue weighted by atomic mass is 35.5. The smallest absolute Gasteiger partial charge is 0.236 e. The standard InChI is InChI=1S/C16H21N3O2S.ClH/c17-9-12-4-6-13(7-5-12)16-18-15(21-19-16)11-22-10-14-3-1-2-8-20-14;/h4-7,14H,1-3,8-11,17H2;1H. The number of rotatable bonds is 6. The monoisotopic (exact) mass is 355 g/mol. The lowest BCUT2D eigenvalue weighted by Gasteiger charge is -2.21. The number of hydrogen-bond donors (Lipinski definition) is 1. The van der Waals surface area contributed by atoms with Gasteiger partial charge in [-0.05, 0) is 24.8 Å². The fourth-order valence-electron chi connectivity index (χ4n) is 2.44. The van der Waals surface area contributed by atoms with Crippen molar-refractivity contribution in [1.29, 1.82) is 0 Å². The van der Waals surface area contributed by atoms with Gasteiger partial charge in [0.15, 0.2) is 0 Å². The van der Waals surface area contributed by atoms with Crippen LogP contribution in [0.2, 0.25) is 0 Å². The van der Waals surface area contributed by atoms with E-state index in [0.29, 0.717) is 24.4 Å². The Morgan fingerprint density at radius 3 is 2.74 bits per heavy atom. The minimum Gasteiger partial charge on any atom is -0.377 e. The van der Waals surface area contributed by atoms with Gasteiger partial charge in [-0.3, -0.25) is 0 Å². The molecule has 2 aromatic rings. The summed E-state index contributed by atoms with van der Waals surface area (Å²) in [4.78, 5) is 4.45. The molecule has 1 aromatic heterocycles. The molecule has 5 nitrogen and oxygen atoms in total.